The maximum atomic E-state index is 9.79. The molecule has 0 spiro atoms. The summed E-state index contributed by atoms with van der Waals surface area (Å²) in [5, 5.41) is 19.4. The topological polar surface area (TPSA) is 40.5 Å². The molecule has 0 aliphatic rings. The first-order valence-corrected chi connectivity index (χ1v) is 5.08. The fourth-order valence-electron chi connectivity index (χ4n) is 1.53. The Morgan fingerprint density at radius 2 is 2.00 bits per heavy atom. The summed E-state index contributed by atoms with van der Waals surface area (Å²) in [5.41, 5.74) is 1.90. The van der Waals surface area contributed by atoms with E-state index in [4.69, 9.17) is 0 Å². The van der Waals surface area contributed by atoms with E-state index >= 15 is 0 Å². The monoisotopic (exact) mass is 194 g/mol. The van der Waals surface area contributed by atoms with Crippen molar-refractivity contribution in [2.24, 2.45) is 0 Å². The van der Waals surface area contributed by atoms with Gasteiger partial charge in [-0.3, -0.25) is 0 Å². The lowest BCUT2D eigenvalue weighted by Crippen LogP contribution is -2.17. The van der Waals surface area contributed by atoms with Crippen LogP contribution in [0.4, 0.5) is 0 Å². The van der Waals surface area contributed by atoms with E-state index in [0.717, 1.165) is 17.5 Å². The fourth-order valence-corrected chi connectivity index (χ4v) is 1.53. The van der Waals surface area contributed by atoms with Crippen LogP contribution in [0.15, 0.2) is 24.3 Å². The molecule has 0 aromatic heterocycles. The summed E-state index contributed by atoms with van der Waals surface area (Å²) >= 11 is 0. The summed E-state index contributed by atoms with van der Waals surface area (Å²) in [7, 11) is 0. The molecule has 0 aliphatic carbocycles. The molecule has 2 nitrogen and oxygen atoms in total. The Hall–Kier alpha value is -0.860. The van der Waals surface area contributed by atoms with Gasteiger partial charge in [0.1, 0.15) is 6.10 Å². The summed E-state index contributed by atoms with van der Waals surface area (Å²) in [4.78, 5) is 0. The van der Waals surface area contributed by atoms with Crippen molar-refractivity contribution < 1.29 is 10.2 Å². The maximum Gasteiger partial charge on any atom is 0.105 e. The lowest BCUT2D eigenvalue weighted by molar-refractivity contribution is 0.0131. The Bertz CT molecular complexity index is 283. The first-order valence-electron chi connectivity index (χ1n) is 5.08. The van der Waals surface area contributed by atoms with Crippen molar-refractivity contribution in [2.45, 2.75) is 38.9 Å². The van der Waals surface area contributed by atoms with E-state index in [-0.39, 0.29) is 0 Å². The summed E-state index contributed by atoms with van der Waals surface area (Å²) in [5.74, 6) is 0. The average Bonchev–Trinajstić information content (AvgIpc) is 2.17. The molecule has 0 heterocycles. The molecule has 0 radical (unpaired) electrons. The molecule has 0 aliphatic heterocycles. The van der Waals surface area contributed by atoms with Crippen LogP contribution in [0.2, 0.25) is 0 Å². The molecule has 1 aromatic rings. The molecule has 1 aromatic carbocycles. The minimum Gasteiger partial charge on any atom is -0.390 e. The van der Waals surface area contributed by atoms with Crippen molar-refractivity contribution in [1.82, 2.24) is 0 Å². The van der Waals surface area contributed by atoms with E-state index < -0.39 is 12.2 Å². The lowest BCUT2D eigenvalue weighted by Gasteiger charge is -2.17. The lowest BCUT2D eigenvalue weighted by atomic mass is 10.00. The summed E-state index contributed by atoms with van der Waals surface area (Å²) < 4.78 is 0. The quantitative estimate of drug-likeness (QED) is 0.771. The van der Waals surface area contributed by atoms with Crippen molar-refractivity contribution >= 4 is 0 Å². The highest BCUT2D eigenvalue weighted by molar-refractivity contribution is 5.24. The fraction of sp³-hybridized carbons (Fsp3) is 0.500. The molecule has 1 rings (SSSR count). The Morgan fingerprint density at radius 3 is 2.57 bits per heavy atom. The third-order valence-corrected chi connectivity index (χ3v) is 2.33. The molecule has 2 unspecified atom stereocenters. The standard InChI is InChI=1S/C12H18O2/c1-3-5-11(13)12(14)10-7-4-6-9(2)8-10/h4,6-8,11-14H,3,5H2,1-2H3. The van der Waals surface area contributed by atoms with E-state index in [1.54, 1.807) is 0 Å². The highest BCUT2D eigenvalue weighted by Gasteiger charge is 2.16. The second-order valence-corrected chi connectivity index (χ2v) is 3.71. The predicted octanol–water partition coefficient (Wildman–Crippen LogP) is 2.19. The van der Waals surface area contributed by atoms with Crippen LogP contribution in [0.3, 0.4) is 0 Å². The van der Waals surface area contributed by atoms with E-state index in [2.05, 4.69) is 0 Å². The zero-order valence-corrected chi connectivity index (χ0v) is 8.77. The van der Waals surface area contributed by atoms with Gasteiger partial charge in [-0.2, -0.15) is 0 Å². The Morgan fingerprint density at radius 1 is 1.29 bits per heavy atom. The zero-order chi connectivity index (χ0) is 10.6. The number of hydrogen-bond acceptors (Lipinski definition) is 2. The molecular formula is C12H18O2. The van der Waals surface area contributed by atoms with Crippen LogP contribution in [-0.2, 0) is 0 Å². The molecule has 0 amide bonds. The Balaban J connectivity index is 2.73. The maximum absolute atomic E-state index is 9.79. The van der Waals surface area contributed by atoms with Crippen LogP contribution < -0.4 is 0 Å². The van der Waals surface area contributed by atoms with Crippen LogP contribution in [0.5, 0.6) is 0 Å². The first kappa shape index (κ1) is 11.2. The van der Waals surface area contributed by atoms with Gasteiger partial charge in [-0.05, 0) is 18.9 Å². The van der Waals surface area contributed by atoms with Gasteiger partial charge >= 0.3 is 0 Å². The minimum atomic E-state index is -0.755. The molecule has 2 N–H and O–H groups in total. The van der Waals surface area contributed by atoms with Gasteiger partial charge in [0.05, 0.1) is 6.10 Å². The van der Waals surface area contributed by atoms with E-state index in [0.29, 0.717) is 6.42 Å². The Labute approximate surface area is 85.2 Å². The van der Waals surface area contributed by atoms with Gasteiger partial charge in [0.15, 0.2) is 0 Å². The minimum absolute atomic E-state index is 0.634. The summed E-state index contributed by atoms with van der Waals surface area (Å²) in [6.07, 6.45) is 0.107. The number of rotatable bonds is 4. The van der Waals surface area contributed by atoms with Crippen LogP contribution >= 0.6 is 0 Å². The van der Waals surface area contributed by atoms with E-state index in [9.17, 15) is 10.2 Å². The van der Waals surface area contributed by atoms with E-state index in [1.807, 2.05) is 38.1 Å². The number of aliphatic hydroxyl groups is 2. The number of aliphatic hydroxyl groups excluding tert-OH is 2. The van der Waals surface area contributed by atoms with E-state index in [1.165, 1.54) is 0 Å². The van der Waals surface area contributed by atoms with Gasteiger partial charge in [0.2, 0.25) is 0 Å². The van der Waals surface area contributed by atoms with Gasteiger partial charge in [-0.25, -0.2) is 0 Å². The highest BCUT2D eigenvalue weighted by Crippen LogP contribution is 2.20. The second-order valence-electron chi connectivity index (χ2n) is 3.71. The molecule has 2 heteroatoms. The Kier molecular flexibility index (Phi) is 4.11. The van der Waals surface area contributed by atoms with Gasteiger partial charge < -0.3 is 10.2 Å². The normalized spacial score (nSPS) is 15.1. The second kappa shape index (κ2) is 5.13. The predicted molar refractivity (Wildman–Crippen MR) is 57.1 cm³/mol. The largest absolute Gasteiger partial charge is 0.390 e. The van der Waals surface area contributed by atoms with Gasteiger partial charge in [-0.1, -0.05) is 43.2 Å². The van der Waals surface area contributed by atoms with Gasteiger partial charge in [0, 0.05) is 0 Å². The molecule has 2 atom stereocenters. The third kappa shape index (κ3) is 2.82. The molecule has 0 bridgehead atoms. The third-order valence-electron chi connectivity index (χ3n) is 2.33. The van der Waals surface area contributed by atoms with Crippen LogP contribution in [-0.4, -0.2) is 16.3 Å². The average molecular weight is 194 g/mol. The van der Waals surface area contributed by atoms with Crippen LogP contribution in [0, 0.1) is 6.92 Å². The molecule has 0 fully saturated rings. The van der Waals surface area contributed by atoms with Gasteiger partial charge in [-0.15, -0.1) is 0 Å². The van der Waals surface area contributed by atoms with Crippen molar-refractivity contribution in [2.75, 3.05) is 0 Å². The summed E-state index contributed by atoms with van der Waals surface area (Å²) in [6, 6.07) is 7.62. The molecule has 0 saturated heterocycles. The SMILES string of the molecule is CCCC(O)C(O)c1cccc(C)c1. The molecular weight excluding hydrogens is 176 g/mol. The molecule has 0 saturated carbocycles. The van der Waals surface area contributed by atoms with Crippen molar-refractivity contribution in [3.63, 3.8) is 0 Å². The van der Waals surface area contributed by atoms with Crippen LogP contribution in [0.25, 0.3) is 0 Å². The highest BCUT2D eigenvalue weighted by atomic mass is 16.3. The molecule has 14 heavy (non-hydrogen) atoms. The zero-order valence-electron chi connectivity index (χ0n) is 8.77. The smallest absolute Gasteiger partial charge is 0.105 e. The molecule has 78 valence electrons. The van der Waals surface area contributed by atoms with Crippen molar-refractivity contribution in [3.05, 3.63) is 35.4 Å². The van der Waals surface area contributed by atoms with Crippen molar-refractivity contribution in [3.8, 4) is 0 Å². The van der Waals surface area contributed by atoms with Crippen molar-refractivity contribution in [1.29, 1.82) is 0 Å². The van der Waals surface area contributed by atoms with Gasteiger partial charge in [0.25, 0.3) is 0 Å². The first-order chi connectivity index (χ1) is 6.65. The number of aryl methyl sites for hydroxylation is 1. The number of benzene rings is 1. The number of hydrogen-bond donors (Lipinski definition) is 2. The summed E-state index contributed by atoms with van der Waals surface area (Å²) in [6.45, 7) is 3.97. The van der Waals surface area contributed by atoms with Crippen LogP contribution in [0.1, 0.15) is 37.0 Å².